The molecule has 0 aliphatic rings. The predicted molar refractivity (Wildman–Crippen MR) is 49.3 cm³/mol. The third-order valence-corrected chi connectivity index (χ3v) is 1.73. The molecular formula is C3H3I2N3. The second-order valence-corrected chi connectivity index (χ2v) is 2.85. The fourth-order valence-electron chi connectivity index (χ4n) is 0.350. The molecule has 1 rings (SSSR count). The van der Waals surface area contributed by atoms with E-state index in [1.165, 1.54) is 0 Å². The molecule has 1 aromatic heterocycles. The topological polar surface area (TPSA) is 29.9 Å². The molecule has 44 valence electrons. The predicted octanol–water partition coefficient (Wildman–Crippen LogP) is 1.84. The number of anilines is 1. The highest BCUT2D eigenvalue weighted by molar-refractivity contribution is 14.1. The summed E-state index contributed by atoms with van der Waals surface area (Å²) >= 11 is 4.17. The minimum absolute atomic E-state index is 0.889. The summed E-state index contributed by atoms with van der Waals surface area (Å²) in [5, 5.41) is 0. The summed E-state index contributed by atoms with van der Waals surface area (Å²) in [7, 11) is 0. The van der Waals surface area contributed by atoms with Crippen molar-refractivity contribution in [3.8, 4) is 0 Å². The van der Waals surface area contributed by atoms with E-state index in [0.29, 0.717) is 0 Å². The van der Waals surface area contributed by atoms with E-state index in [1.807, 2.05) is 31.8 Å². The van der Waals surface area contributed by atoms with Gasteiger partial charge in [-0.1, -0.05) is 0 Å². The SMILES string of the molecule is INc1cn(I)cn1. The summed E-state index contributed by atoms with van der Waals surface area (Å²) in [4.78, 5) is 3.97. The standard InChI is InChI=1S/C3H3I2N3/c4-7-3-1-8(5)2-6-3/h1-2,7H. The Kier molecular flexibility index (Phi) is 2.35. The lowest BCUT2D eigenvalue weighted by atomic mass is 10.8. The summed E-state index contributed by atoms with van der Waals surface area (Å²) in [5.74, 6) is 0.889. The second kappa shape index (κ2) is 2.85. The van der Waals surface area contributed by atoms with E-state index in [2.05, 4.69) is 31.4 Å². The summed E-state index contributed by atoms with van der Waals surface area (Å²) in [6, 6.07) is 0. The molecule has 0 amide bonds. The van der Waals surface area contributed by atoms with Crippen molar-refractivity contribution < 1.29 is 0 Å². The van der Waals surface area contributed by atoms with Crippen LogP contribution in [0.3, 0.4) is 0 Å². The van der Waals surface area contributed by atoms with Crippen molar-refractivity contribution in [2.45, 2.75) is 0 Å². The van der Waals surface area contributed by atoms with E-state index in [4.69, 9.17) is 0 Å². The summed E-state index contributed by atoms with van der Waals surface area (Å²) in [5.41, 5.74) is 0. The van der Waals surface area contributed by atoms with E-state index in [9.17, 15) is 0 Å². The Morgan fingerprint density at radius 2 is 2.50 bits per heavy atom. The molecule has 3 nitrogen and oxygen atoms in total. The van der Waals surface area contributed by atoms with Gasteiger partial charge in [0.1, 0.15) is 6.33 Å². The molecule has 0 unspecified atom stereocenters. The molecular weight excluding hydrogens is 332 g/mol. The minimum Gasteiger partial charge on any atom is -0.312 e. The average Bonchev–Trinajstić information content (AvgIpc) is 2.14. The highest BCUT2D eigenvalue weighted by Crippen LogP contribution is 2.06. The van der Waals surface area contributed by atoms with E-state index in [0.717, 1.165) is 5.82 Å². The van der Waals surface area contributed by atoms with Crippen molar-refractivity contribution >= 4 is 51.5 Å². The highest BCUT2D eigenvalue weighted by atomic mass is 127. The zero-order valence-corrected chi connectivity index (χ0v) is 8.12. The van der Waals surface area contributed by atoms with Crippen molar-refractivity contribution in [2.24, 2.45) is 0 Å². The lowest BCUT2D eigenvalue weighted by Crippen LogP contribution is -1.74. The molecule has 8 heavy (non-hydrogen) atoms. The maximum absolute atomic E-state index is 3.97. The van der Waals surface area contributed by atoms with Crippen LogP contribution in [0.1, 0.15) is 0 Å². The molecule has 0 radical (unpaired) electrons. The third-order valence-electron chi connectivity index (χ3n) is 0.650. The molecule has 0 spiro atoms. The molecule has 0 saturated heterocycles. The summed E-state index contributed by atoms with van der Waals surface area (Å²) in [6.07, 6.45) is 3.63. The number of rotatable bonds is 1. The van der Waals surface area contributed by atoms with Crippen molar-refractivity contribution in [2.75, 3.05) is 3.53 Å². The molecule has 0 saturated carbocycles. The lowest BCUT2D eigenvalue weighted by molar-refractivity contribution is 1.28. The highest BCUT2D eigenvalue weighted by Gasteiger charge is 1.89. The molecule has 1 heterocycles. The first kappa shape index (κ1) is 6.59. The van der Waals surface area contributed by atoms with Gasteiger partial charge < -0.3 is 3.53 Å². The van der Waals surface area contributed by atoms with Gasteiger partial charge in [0.25, 0.3) is 0 Å². The Morgan fingerprint density at radius 1 is 1.75 bits per heavy atom. The molecule has 1 N–H and O–H groups in total. The van der Waals surface area contributed by atoms with Crippen LogP contribution in [0.5, 0.6) is 0 Å². The zero-order valence-electron chi connectivity index (χ0n) is 3.81. The van der Waals surface area contributed by atoms with Crippen LogP contribution in [-0.2, 0) is 0 Å². The van der Waals surface area contributed by atoms with Gasteiger partial charge >= 0.3 is 0 Å². The van der Waals surface area contributed by atoms with E-state index < -0.39 is 0 Å². The number of aromatic nitrogens is 2. The van der Waals surface area contributed by atoms with E-state index in [-0.39, 0.29) is 0 Å². The summed E-state index contributed by atoms with van der Waals surface area (Å²) < 4.78 is 4.74. The van der Waals surface area contributed by atoms with Gasteiger partial charge in [0.05, 0.1) is 51.9 Å². The quantitative estimate of drug-likeness (QED) is 0.627. The monoisotopic (exact) mass is 335 g/mol. The van der Waals surface area contributed by atoms with Gasteiger partial charge in [-0.25, -0.2) is 4.98 Å². The molecule has 1 aromatic rings. The minimum atomic E-state index is 0.889. The second-order valence-electron chi connectivity index (χ2n) is 1.20. The van der Waals surface area contributed by atoms with E-state index in [1.54, 1.807) is 6.33 Å². The fourth-order valence-corrected chi connectivity index (χ4v) is 1.02. The lowest BCUT2D eigenvalue weighted by Gasteiger charge is -1.82. The number of nitrogens with one attached hydrogen (secondary N) is 1. The molecule has 0 aliphatic heterocycles. The van der Waals surface area contributed by atoms with Gasteiger partial charge in [-0.15, -0.1) is 0 Å². The number of halogens is 2. The molecule has 0 fully saturated rings. The first-order valence-corrected chi connectivity index (χ1v) is 3.94. The van der Waals surface area contributed by atoms with Gasteiger partial charge in [0.15, 0.2) is 5.82 Å². The van der Waals surface area contributed by atoms with Gasteiger partial charge in [-0.3, -0.25) is 2.78 Å². The van der Waals surface area contributed by atoms with Gasteiger partial charge in [-0.2, -0.15) is 0 Å². The smallest absolute Gasteiger partial charge is 0.153 e. The van der Waals surface area contributed by atoms with Crippen LogP contribution in [0.15, 0.2) is 12.5 Å². The van der Waals surface area contributed by atoms with E-state index >= 15 is 0 Å². The van der Waals surface area contributed by atoms with Crippen LogP contribution in [0.2, 0.25) is 0 Å². The van der Waals surface area contributed by atoms with Crippen molar-refractivity contribution in [1.82, 2.24) is 7.76 Å². The Balaban J connectivity index is 2.84. The fraction of sp³-hybridized carbons (Fsp3) is 0. The Morgan fingerprint density at radius 3 is 2.75 bits per heavy atom. The average molecular weight is 335 g/mol. The van der Waals surface area contributed by atoms with Gasteiger partial charge in [0.2, 0.25) is 0 Å². The van der Waals surface area contributed by atoms with Crippen molar-refractivity contribution in [1.29, 1.82) is 0 Å². The molecule has 0 bridgehead atoms. The number of imidazole rings is 1. The van der Waals surface area contributed by atoms with Crippen molar-refractivity contribution in [3.05, 3.63) is 12.5 Å². The maximum atomic E-state index is 3.97. The van der Waals surface area contributed by atoms with Crippen LogP contribution < -0.4 is 3.53 Å². The Bertz CT molecular complexity index is 173. The molecule has 0 aliphatic carbocycles. The Hall–Kier alpha value is 0.470. The van der Waals surface area contributed by atoms with Crippen LogP contribution in [-0.4, -0.2) is 7.76 Å². The number of hydrogen-bond donors (Lipinski definition) is 1. The zero-order chi connectivity index (χ0) is 5.98. The van der Waals surface area contributed by atoms with Crippen LogP contribution in [0, 0.1) is 0 Å². The van der Waals surface area contributed by atoms with Crippen LogP contribution in [0.4, 0.5) is 5.82 Å². The molecule has 0 aromatic carbocycles. The Labute approximate surface area is 74.9 Å². The third kappa shape index (κ3) is 1.47. The number of hydrogen-bond acceptors (Lipinski definition) is 2. The van der Waals surface area contributed by atoms with Crippen molar-refractivity contribution in [3.63, 3.8) is 0 Å². The normalized spacial score (nSPS) is 9.25. The maximum Gasteiger partial charge on any atom is 0.153 e. The molecule has 0 atom stereocenters. The molecule has 5 heteroatoms. The summed E-state index contributed by atoms with van der Waals surface area (Å²) in [6.45, 7) is 0. The van der Waals surface area contributed by atoms with Gasteiger partial charge in [-0.05, 0) is 0 Å². The van der Waals surface area contributed by atoms with Crippen LogP contribution >= 0.6 is 45.7 Å². The first-order chi connectivity index (χ1) is 3.83. The first-order valence-electron chi connectivity index (χ1n) is 1.89. The van der Waals surface area contributed by atoms with Gasteiger partial charge in [0, 0.05) is 0 Å². The van der Waals surface area contributed by atoms with Crippen LogP contribution in [0.25, 0.3) is 0 Å². The number of nitrogens with zero attached hydrogens (tertiary/aromatic N) is 2. The largest absolute Gasteiger partial charge is 0.312 e.